The molecular formula is C15H14Cl2N4O3. The molecule has 0 radical (unpaired) electrons. The number of hydrogen-bond donors (Lipinski definition) is 1. The van der Waals surface area contributed by atoms with Gasteiger partial charge in [-0.1, -0.05) is 34.5 Å². The van der Waals surface area contributed by atoms with Crippen LogP contribution in [0, 0.1) is 0 Å². The summed E-state index contributed by atoms with van der Waals surface area (Å²) in [5.74, 6) is -1.33. The van der Waals surface area contributed by atoms with Gasteiger partial charge in [0.05, 0.1) is 22.3 Å². The molecule has 126 valence electrons. The van der Waals surface area contributed by atoms with E-state index in [1.165, 1.54) is 10.9 Å². The molecule has 3 rings (SSSR count). The molecule has 0 aliphatic carbocycles. The number of benzene rings is 1. The van der Waals surface area contributed by atoms with Gasteiger partial charge in [-0.25, -0.2) is 9.48 Å². The van der Waals surface area contributed by atoms with E-state index in [0.29, 0.717) is 16.6 Å². The lowest BCUT2D eigenvalue weighted by molar-refractivity contribution is -0.133. The highest BCUT2D eigenvalue weighted by atomic mass is 35.5. The van der Waals surface area contributed by atoms with Gasteiger partial charge in [0.15, 0.2) is 5.69 Å². The van der Waals surface area contributed by atoms with Gasteiger partial charge >= 0.3 is 5.97 Å². The molecule has 24 heavy (non-hydrogen) atoms. The molecule has 1 aliphatic rings. The Hall–Kier alpha value is -2.12. The van der Waals surface area contributed by atoms with E-state index in [1.54, 1.807) is 17.0 Å². The number of rotatable bonds is 4. The second-order valence-corrected chi connectivity index (χ2v) is 6.34. The number of halogens is 2. The highest BCUT2D eigenvalue weighted by molar-refractivity contribution is 6.42. The second kappa shape index (κ2) is 6.78. The van der Waals surface area contributed by atoms with Gasteiger partial charge in [0, 0.05) is 6.54 Å². The van der Waals surface area contributed by atoms with E-state index < -0.39 is 5.97 Å². The molecule has 7 nitrogen and oxygen atoms in total. The summed E-state index contributed by atoms with van der Waals surface area (Å²) in [5.41, 5.74) is 0.741. The summed E-state index contributed by atoms with van der Waals surface area (Å²) in [6, 6.07) is 5.28. The molecule has 1 saturated heterocycles. The standard InChI is InChI=1S/C15H14Cl2N4O3/c16-10-4-3-9(6-11(10)17)13-2-1-5-21(13)14(22)8-20-7-12(15(23)24)18-19-20/h3-4,6-7,13H,1-2,5,8H2,(H,23,24). The van der Waals surface area contributed by atoms with Crippen molar-refractivity contribution in [1.29, 1.82) is 0 Å². The van der Waals surface area contributed by atoms with Gasteiger partial charge < -0.3 is 10.0 Å². The first-order valence-electron chi connectivity index (χ1n) is 7.33. The number of carbonyl (C=O) groups is 2. The summed E-state index contributed by atoms with van der Waals surface area (Å²) < 4.78 is 1.23. The molecule has 1 amide bonds. The van der Waals surface area contributed by atoms with Crippen LogP contribution in [0.15, 0.2) is 24.4 Å². The molecule has 0 bridgehead atoms. The van der Waals surface area contributed by atoms with E-state index in [0.717, 1.165) is 18.4 Å². The fourth-order valence-corrected chi connectivity index (χ4v) is 3.14. The molecule has 2 heterocycles. The predicted octanol–water partition coefficient (Wildman–Crippen LogP) is 2.65. The zero-order valence-corrected chi connectivity index (χ0v) is 14.0. The Labute approximate surface area is 147 Å². The molecule has 1 unspecified atom stereocenters. The third-order valence-corrected chi connectivity index (χ3v) is 4.70. The fourth-order valence-electron chi connectivity index (χ4n) is 2.83. The number of nitrogens with zero attached hydrogens (tertiary/aromatic N) is 4. The summed E-state index contributed by atoms with van der Waals surface area (Å²) in [7, 11) is 0. The SMILES string of the molecule is O=C(O)c1cn(CC(=O)N2CCCC2c2ccc(Cl)c(Cl)c2)nn1. The van der Waals surface area contributed by atoms with Gasteiger partial charge in [-0.05, 0) is 30.5 Å². The van der Waals surface area contributed by atoms with E-state index in [-0.39, 0.29) is 24.2 Å². The van der Waals surface area contributed by atoms with Crippen molar-refractivity contribution < 1.29 is 14.7 Å². The number of hydrogen-bond acceptors (Lipinski definition) is 4. The van der Waals surface area contributed by atoms with Crippen molar-refractivity contribution in [2.45, 2.75) is 25.4 Å². The molecule has 2 aromatic rings. The second-order valence-electron chi connectivity index (χ2n) is 5.53. The Bertz CT molecular complexity index is 793. The first kappa shape index (κ1) is 16.7. The van der Waals surface area contributed by atoms with Crippen LogP contribution in [-0.4, -0.2) is 43.4 Å². The number of amides is 1. The molecule has 1 aromatic carbocycles. The summed E-state index contributed by atoms with van der Waals surface area (Å²) in [5, 5.41) is 17.0. The Kier molecular flexibility index (Phi) is 4.73. The van der Waals surface area contributed by atoms with Crippen molar-refractivity contribution in [2.75, 3.05) is 6.54 Å². The zero-order valence-electron chi connectivity index (χ0n) is 12.5. The van der Waals surface area contributed by atoms with Crippen molar-refractivity contribution in [1.82, 2.24) is 19.9 Å². The third kappa shape index (κ3) is 3.37. The average molecular weight is 369 g/mol. The zero-order chi connectivity index (χ0) is 17.3. The molecule has 1 aliphatic heterocycles. The van der Waals surface area contributed by atoms with Gasteiger partial charge in [0.25, 0.3) is 0 Å². The number of carboxylic acid groups (broad SMARTS) is 1. The lowest BCUT2D eigenvalue weighted by Crippen LogP contribution is -2.33. The molecule has 0 saturated carbocycles. The number of aromatic carboxylic acids is 1. The minimum atomic E-state index is -1.18. The first-order valence-corrected chi connectivity index (χ1v) is 8.09. The van der Waals surface area contributed by atoms with E-state index in [1.807, 2.05) is 6.07 Å². The normalized spacial score (nSPS) is 17.2. The fraction of sp³-hybridized carbons (Fsp3) is 0.333. The van der Waals surface area contributed by atoms with Gasteiger partial charge in [-0.2, -0.15) is 0 Å². The number of carbonyl (C=O) groups excluding carboxylic acids is 1. The van der Waals surface area contributed by atoms with Crippen molar-refractivity contribution in [3.63, 3.8) is 0 Å². The minimum absolute atomic E-state index is 0.0574. The molecule has 1 N–H and O–H groups in total. The maximum atomic E-state index is 12.6. The topological polar surface area (TPSA) is 88.3 Å². The molecule has 1 atom stereocenters. The average Bonchev–Trinajstić information content (AvgIpc) is 3.19. The summed E-state index contributed by atoms with van der Waals surface area (Å²) in [4.78, 5) is 25.1. The minimum Gasteiger partial charge on any atom is -0.476 e. The molecule has 1 aromatic heterocycles. The first-order chi connectivity index (χ1) is 11.5. The highest BCUT2D eigenvalue weighted by Gasteiger charge is 2.30. The van der Waals surface area contributed by atoms with Gasteiger partial charge in [-0.15, -0.1) is 5.10 Å². The van der Waals surface area contributed by atoms with Crippen LogP contribution < -0.4 is 0 Å². The van der Waals surface area contributed by atoms with Crippen LogP contribution in [0.1, 0.15) is 34.9 Å². The summed E-state index contributed by atoms with van der Waals surface area (Å²) in [6.07, 6.45) is 2.96. The van der Waals surface area contributed by atoms with Crippen LogP contribution in [0.5, 0.6) is 0 Å². The number of carboxylic acids is 1. The van der Waals surface area contributed by atoms with Crippen LogP contribution in [0.2, 0.25) is 10.0 Å². The van der Waals surface area contributed by atoms with Crippen LogP contribution in [0.3, 0.4) is 0 Å². The lowest BCUT2D eigenvalue weighted by Gasteiger charge is -2.25. The largest absolute Gasteiger partial charge is 0.476 e. The molecule has 0 spiro atoms. The quantitative estimate of drug-likeness (QED) is 0.895. The number of aromatic nitrogens is 3. The third-order valence-electron chi connectivity index (χ3n) is 3.96. The van der Waals surface area contributed by atoms with E-state index in [2.05, 4.69) is 10.3 Å². The Morgan fingerprint density at radius 3 is 2.75 bits per heavy atom. The van der Waals surface area contributed by atoms with Crippen molar-refractivity contribution in [2.24, 2.45) is 0 Å². The maximum Gasteiger partial charge on any atom is 0.358 e. The van der Waals surface area contributed by atoms with E-state index >= 15 is 0 Å². The van der Waals surface area contributed by atoms with Crippen LogP contribution >= 0.6 is 23.2 Å². The monoisotopic (exact) mass is 368 g/mol. The smallest absolute Gasteiger partial charge is 0.358 e. The highest BCUT2D eigenvalue weighted by Crippen LogP contribution is 2.35. The Morgan fingerprint density at radius 1 is 1.29 bits per heavy atom. The Balaban J connectivity index is 1.75. The maximum absolute atomic E-state index is 12.6. The van der Waals surface area contributed by atoms with E-state index in [9.17, 15) is 9.59 Å². The summed E-state index contributed by atoms with van der Waals surface area (Å²) >= 11 is 12.0. The van der Waals surface area contributed by atoms with Gasteiger partial charge in [-0.3, -0.25) is 4.79 Å². The van der Waals surface area contributed by atoms with Crippen molar-refractivity contribution >= 4 is 35.1 Å². The van der Waals surface area contributed by atoms with Gasteiger partial charge in [0.2, 0.25) is 5.91 Å². The van der Waals surface area contributed by atoms with Crippen LogP contribution in [0.25, 0.3) is 0 Å². The summed E-state index contributed by atoms with van der Waals surface area (Å²) in [6.45, 7) is 0.572. The lowest BCUT2D eigenvalue weighted by atomic mass is 10.0. The van der Waals surface area contributed by atoms with Crippen LogP contribution in [0.4, 0.5) is 0 Å². The number of likely N-dealkylation sites (tertiary alicyclic amines) is 1. The molecule has 1 fully saturated rings. The molecule has 9 heteroatoms. The van der Waals surface area contributed by atoms with Crippen molar-refractivity contribution in [3.8, 4) is 0 Å². The van der Waals surface area contributed by atoms with Crippen LogP contribution in [-0.2, 0) is 11.3 Å². The van der Waals surface area contributed by atoms with Crippen molar-refractivity contribution in [3.05, 3.63) is 45.7 Å². The predicted molar refractivity (Wildman–Crippen MR) is 87.1 cm³/mol. The van der Waals surface area contributed by atoms with E-state index in [4.69, 9.17) is 28.3 Å². The Morgan fingerprint density at radius 2 is 2.08 bits per heavy atom. The molecular weight excluding hydrogens is 355 g/mol. The van der Waals surface area contributed by atoms with Gasteiger partial charge in [0.1, 0.15) is 6.54 Å².